The van der Waals surface area contributed by atoms with Gasteiger partial charge in [0, 0.05) is 18.7 Å². The first-order chi connectivity index (χ1) is 7.59. The van der Waals surface area contributed by atoms with E-state index in [1.807, 2.05) is 32.0 Å². The fourth-order valence-electron chi connectivity index (χ4n) is 1.65. The normalized spacial score (nSPS) is 11.0. The smallest absolute Gasteiger partial charge is 0.229 e. The van der Waals surface area contributed by atoms with Crippen LogP contribution in [0.25, 0.3) is 11.0 Å². The third kappa shape index (κ3) is 1.78. The lowest BCUT2D eigenvalue weighted by atomic mass is 10.1. The molecule has 0 fully saturated rings. The fraction of sp³-hybridized carbons (Fsp3) is 0.333. The molecule has 2 aromatic rings. The van der Waals surface area contributed by atoms with Crippen LogP contribution < -0.4 is 4.90 Å². The van der Waals surface area contributed by atoms with E-state index < -0.39 is 0 Å². The third-order valence-electron chi connectivity index (χ3n) is 2.62. The van der Waals surface area contributed by atoms with Crippen LogP contribution in [0.3, 0.4) is 0 Å². The first-order valence-electron chi connectivity index (χ1n) is 5.30. The van der Waals surface area contributed by atoms with Crippen LogP contribution in [0.2, 0.25) is 0 Å². The minimum absolute atomic E-state index is 0.00228. The maximum atomic E-state index is 11.8. The van der Waals surface area contributed by atoms with Gasteiger partial charge in [0.05, 0.1) is 17.4 Å². The minimum Gasteiger partial charge on any atom is -0.345 e. The number of nitrogens with one attached hydrogen (secondary N) is 1. The summed E-state index contributed by atoms with van der Waals surface area (Å²) in [6, 6.07) is 5.75. The Labute approximate surface area is 94.3 Å². The summed E-state index contributed by atoms with van der Waals surface area (Å²) in [6.45, 7) is 3.79. The fourth-order valence-corrected chi connectivity index (χ4v) is 1.65. The van der Waals surface area contributed by atoms with Gasteiger partial charge >= 0.3 is 0 Å². The van der Waals surface area contributed by atoms with Gasteiger partial charge in [-0.1, -0.05) is 13.8 Å². The molecule has 1 aromatic carbocycles. The minimum atomic E-state index is 0.00228. The largest absolute Gasteiger partial charge is 0.345 e. The number of hydrogen-bond acceptors (Lipinski definition) is 2. The molecule has 0 saturated heterocycles. The van der Waals surface area contributed by atoms with Crippen molar-refractivity contribution in [1.82, 2.24) is 9.97 Å². The van der Waals surface area contributed by atoms with Crippen LogP contribution in [0, 0.1) is 5.92 Å². The molecule has 84 valence electrons. The summed E-state index contributed by atoms with van der Waals surface area (Å²) in [5.74, 6) is 0.112. The second-order valence-electron chi connectivity index (χ2n) is 4.16. The highest BCUT2D eigenvalue weighted by molar-refractivity contribution is 5.95. The van der Waals surface area contributed by atoms with Crippen molar-refractivity contribution in [3.05, 3.63) is 24.5 Å². The zero-order valence-electron chi connectivity index (χ0n) is 9.69. The summed E-state index contributed by atoms with van der Waals surface area (Å²) in [6.07, 6.45) is 1.65. The van der Waals surface area contributed by atoms with E-state index in [0.717, 1.165) is 16.7 Å². The number of rotatable bonds is 2. The van der Waals surface area contributed by atoms with Crippen molar-refractivity contribution >= 4 is 22.6 Å². The zero-order valence-corrected chi connectivity index (χ0v) is 9.69. The molecule has 0 spiro atoms. The Hall–Kier alpha value is -1.84. The van der Waals surface area contributed by atoms with Crippen molar-refractivity contribution in [2.24, 2.45) is 5.92 Å². The van der Waals surface area contributed by atoms with Crippen molar-refractivity contribution in [3.63, 3.8) is 0 Å². The Morgan fingerprint density at radius 1 is 1.44 bits per heavy atom. The number of aromatic amines is 1. The van der Waals surface area contributed by atoms with Crippen LogP contribution in [-0.2, 0) is 4.79 Å². The molecule has 0 unspecified atom stereocenters. The first-order valence-corrected chi connectivity index (χ1v) is 5.30. The summed E-state index contributed by atoms with van der Waals surface area (Å²) in [7, 11) is 1.79. The average Bonchev–Trinajstić information content (AvgIpc) is 2.73. The molecular formula is C12H15N3O. The zero-order chi connectivity index (χ0) is 11.7. The Bertz CT molecular complexity index is 516. The van der Waals surface area contributed by atoms with Crippen LogP contribution in [0.4, 0.5) is 5.69 Å². The number of carbonyl (C=O) groups is 1. The topological polar surface area (TPSA) is 49.0 Å². The van der Waals surface area contributed by atoms with Crippen molar-refractivity contribution < 1.29 is 4.79 Å². The monoisotopic (exact) mass is 217 g/mol. The molecule has 0 aliphatic carbocycles. The van der Waals surface area contributed by atoms with Gasteiger partial charge in [-0.25, -0.2) is 4.98 Å². The van der Waals surface area contributed by atoms with Gasteiger partial charge in [0.2, 0.25) is 5.91 Å². The van der Waals surface area contributed by atoms with Gasteiger partial charge in [0.1, 0.15) is 0 Å². The second kappa shape index (κ2) is 3.96. The van der Waals surface area contributed by atoms with Gasteiger partial charge in [-0.3, -0.25) is 4.79 Å². The summed E-state index contributed by atoms with van der Waals surface area (Å²) in [4.78, 5) is 20.7. The number of amides is 1. The highest BCUT2D eigenvalue weighted by atomic mass is 16.2. The average molecular weight is 217 g/mol. The van der Waals surface area contributed by atoms with Crippen LogP contribution in [0.5, 0.6) is 0 Å². The molecule has 0 aliphatic heterocycles. The van der Waals surface area contributed by atoms with Crippen molar-refractivity contribution in [3.8, 4) is 0 Å². The number of fused-ring (bicyclic) bond motifs is 1. The van der Waals surface area contributed by atoms with E-state index in [-0.39, 0.29) is 11.8 Å². The van der Waals surface area contributed by atoms with Gasteiger partial charge in [-0.05, 0) is 18.2 Å². The molecule has 0 aliphatic rings. The maximum absolute atomic E-state index is 11.8. The number of imidazole rings is 1. The number of H-pyrrole nitrogens is 1. The highest BCUT2D eigenvalue weighted by Crippen LogP contribution is 2.19. The van der Waals surface area contributed by atoms with E-state index >= 15 is 0 Å². The number of nitrogens with zero attached hydrogens (tertiary/aromatic N) is 2. The van der Waals surface area contributed by atoms with Gasteiger partial charge in [-0.2, -0.15) is 0 Å². The molecule has 4 nitrogen and oxygen atoms in total. The highest BCUT2D eigenvalue weighted by Gasteiger charge is 2.14. The first kappa shape index (κ1) is 10.7. The Balaban J connectivity index is 2.35. The van der Waals surface area contributed by atoms with E-state index in [4.69, 9.17) is 0 Å². The Kier molecular flexibility index (Phi) is 2.64. The Morgan fingerprint density at radius 3 is 2.88 bits per heavy atom. The number of hydrogen-bond donors (Lipinski definition) is 1. The third-order valence-corrected chi connectivity index (χ3v) is 2.62. The number of benzene rings is 1. The molecule has 0 bridgehead atoms. The Morgan fingerprint density at radius 2 is 2.19 bits per heavy atom. The molecule has 0 saturated carbocycles. The molecule has 0 radical (unpaired) electrons. The van der Waals surface area contributed by atoms with Gasteiger partial charge in [0.25, 0.3) is 0 Å². The second-order valence-corrected chi connectivity index (χ2v) is 4.16. The SMILES string of the molecule is CC(C)C(=O)N(C)c1ccc2nc[nH]c2c1. The lowest BCUT2D eigenvalue weighted by Gasteiger charge is -2.19. The van der Waals surface area contributed by atoms with E-state index in [2.05, 4.69) is 9.97 Å². The standard InChI is InChI=1S/C12H15N3O/c1-8(2)12(16)15(3)9-4-5-10-11(6-9)14-7-13-10/h4-8H,1-3H3,(H,13,14). The van der Waals surface area contributed by atoms with Crippen LogP contribution >= 0.6 is 0 Å². The lowest BCUT2D eigenvalue weighted by Crippen LogP contribution is -2.30. The molecule has 1 aromatic heterocycles. The van der Waals surface area contributed by atoms with E-state index in [1.54, 1.807) is 18.3 Å². The summed E-state index contributed by atoms with van der Waals surface area (Å²) in [5, 5.41) is 0. The molecule has 16 heavy (non-hydrogen) atoms. The maximum Gasteiger partial charge on any atom is 0.229 e. The van der Waals surface area contributed by atoms with Crippen molar-refractivity contribution in [2.45, 2.75) is 13.8 Å². The number of aromatic nitrogens is 2. The predicted molar refractivity (Wildman–Crippen MR) is 64.3 cm³/mol. The molecular weight excluding hydrogens is 202 g/mol. The van der Waals surface area contributed by atoms with Crippen LogP contribution in [0.1, 0.15) is 13.8 Å². The molecule has 1 heterocycles. The predicted octanol–water partition coefficient (Wildman–Crippen LogP) is 2.18. The lowest BCUT2D eigenvalue weighted by molar-refractivity contribution is -0.121. The van der Waals surface area contributed by atoms with E-state index in [9.17, 15) is 4.79 Å². The van der Waals surface area contributed by atoms with Crippen molar-refractivity contribution in [1.29, 1.82) is 0 Å². The summed E-state index contributed by atoms with van der Waals surface area (Å²) < 4.78 is 0. The molecule has 0 atom stereocenters. The molecule has 1 amide bonds. The summed E-state index contributed by atoms with van der Waals surface area (Å²) in [5.41, 5.74) is 2.74. The van der Waals surface area contributed by atoms with E-state index in [0.29, 0.717) is 0 Å². The van der Waals surface area contributed by atoms with Crippen LogP contribution in [-0.4, -0.2) is 22.9 Å². The van der Waals surface area contributed by atoms with E-state index in [1.165, 1.54) is 0 Å². The van der Waals surface area contributed by atoms with Gasteiger partial charge < -0.3 is 9.88 Å². The number of anilines is 1. The van der Waals surface area contributed by atoms with Crippen molar-refractivity contribution in [2.75, 3.05) is 11.9 Å². The quantitative estimate of drug-likeness (QED) is 0.838. The van der Waals surface area contributed by atoms with Gasteiger partial charge in [0.15, 0.2) is 0 Å². The number of carbonyl (C=O) groups excluding carboxylic acids is 1. The molecule has 4 heteroatoms. The molecule has 2 rings (SSSR count). The summed E-state index contributed by atoms with van der Waals surface area (Å²) >= 11 is 0. The van der Waals surface area contributed by atoms with Gasteiger partial charge in [-0.15, -0.1) is 0 Å². The molecule has 1 N–H and O–H groups in total. The van der Waals surface area contributed by atoms with Crippen LogP contribution in [0.15, 0.2) is 24.5 Å².